The molecule has 0 radical (unpaired) electrons. The molecule has 1 rings (SSSR count). The van der Waals surface area contributed by atoms with Crippen molar-refractivity contribution < 1.29 is 27.9 Å². The van der Waals surface area contributed by atoms with Gasteiger partial charge in [-0.3, -0.25) is 9.59 Å². The van der Waals surface area contributed by atoms with E-state index in [2.05, 4.69) is 5.32 Å². The number of carboxylic acids is 1. The number of carboxylic acid groups (broad SMARTS) is 1. The first-order valence-electron chi connectivity index (χ1n) is 6.19. The van der Waals surface area contributed by atoms with Crippen LogP contribution in [0.2, 0.25) is 0 Å². The van der Waals surface area contributed by atoms with E-state index in [0.29, 0.717) is 0 Å². The van der Waals surface area contributed by atoms with Crippen LogP contribution in [-0.4, -0.2) is 17.0 Å². The van der Waals surface area contributed by atoms with Gasteiger partial charge in [-0.2, -0.15) is 13.2 Å². The van der Waals surface area contributed by atoms with Gasteiger partial charge in [-0.25, -0.2) is 0 Å². The van der Waals surface area contributed by atoms with Crippen molar-refractivity contribution in [1.82, 2.24) is 0 Å². The molecule has 1 aromatic carbocycles. The number of halogens is 3. The summed E-state index contributed by atoms with van der Waals surface area (Å²) >= 11 is 0. The summed E-state index contributed by atoms with van der Waals surface area (Å²) in [6.07, 6.45) is -5.01. The zero-order valence-electron chi connectivity index (χ0n) is 11.6. The maximum Gasteiger partial charge on any atom is 0.418 e. The molecule has 0 atom stereocenters. The van der Waals surface area contributed by atoms with Gasteiger partial charge in [0.05, 0.1) is 17.7 Å². The molecule has 2 N–H and O–H groups in total. The van der Waals surface area contributed by atoms with E-state index < -0.39 is 29.0 Å². The molecular weight excluding hydrogens is 287 g/mol. The lowest BCUT2D eigenvalue weighted by molar-refractivity contribution is -0.139. The van der Waals surface area contributed by atoms with Gasteiger partial charge in [0.25, 0.3) is 0 Å². The molecule has 1 amide bonds. The molecule has 0 aliphatic carbocycles. The van der Waals surface area contributed by atoms with Crippen molar-refractivity contribution in [3.63, 3.8) is 0 Å². The zero-order valence-corrected chi connectivity index (χ0v) is 11.6. The van der Waals surface area contributed by atoms with E-state index in [9.17, 15) is 22.8 Å². The van der Waals surface area contributed by atoms with Crippen LogP contribution in [0.25, 0.3) is 0 Å². The van der Waals surface area contributed by atoms with Gasteiger partial charge in [0.2, 0.25) is 5.91 Å². The Morgan fingerprint density at radius 2 is 1.71 bits per heavy atom. The second-order valence-corrected chi connectivity index (χ2v) is 5.50. The Morgan fingerprint density at radius 3 is 2.24 bits per heavy atom. The summed E-state index contributed by atoms with van der Waals surface area (Å²) in [5, 5.41) is 10.9. The molecule has 0 aliphatic rings. The third-order valence-electron chi connectivity index (χ3n) is 2.78. The van der Waals surface area contributed by atoms with Crippen LogP contribution in [0.5, 0.6) is 0 Å². The number of hydrogen-bond donors (Lipinski definition) is 2. The van der Waals surface area contributed by atoms with E-state index in [0.717, 1.165) is 12.1 Å². The van der Waals surface area contributed by atoms with Gasteiger partial charge in [0.1, 0.15) is 0 Å². The first-order chi connectivity index (χ1) is 9.51. The number of amides is 1. The quantitative estimate of drug-likeness (QED) is 0.874. The second-order valence-electron chi connectivity index (χ2n) is 5.50. The Bertz CT molecular complexity index is 539. The lowest BCUT2D eigenvalue weighted by Crippen LogP contribution is -2.25. The smallest absolute Gasteiger partial charge is 0.418 e. The fourth-order valence-electron chi connectivity index (χ4n) is 1.94. The van der Waals surface area contributed by atoms with Crippen molar-refractivity contribution in [1.29, 1.82) is 0 Å². The van der Waals surface area contributed by atoms with Gasteiger partial charge in [0.15, 0.2) is 0 Å². The molecule has 4 nitrogen and oxygen atoms in total. The van der Waals surface area contributed by atoms with Crippen molar-refractivity contribution in [3.8, 4) is 0 Å². The van der Waals surface area contributed by atoms with Gasteiger partial charge in [-0.05, 0) is 17.5 Å². The standard InChI is InChI=1S/C14H16F3NO3/c1-13(2,8-12(20)21)7-11(19)18-10-6-4-3-5-9(10)14(15,16)17/h3-6H,7-8H2,1-2H3,(H,18,19)(H,20,21). The van der Waals surface area contributed by atoms with Gasteiger partial charge < -0.3 is 10.4 Å². The molecule has 0 bridgehead atoms. The molecule has 0 heterocycles. The van der Waals surface area contributed by atoms with Gasteiger partial charge in [-0.1, -0.05) is 26.0 Å². The van der Waals surface area contributed by atoms with Crippen molar-refractivity contribution in [2.75, 3.05) is 5.32 Å². The number of para-hydroxylation sites is 1. The fraction of sp³-hybridized carbons (Fsp3) is 0.429. The van der Waals surface area contributed by atoms with Crippen LogP contribution in [0.1, 0.15) is 32.3 Å². The minimum Gasteiger partial charge on any atom is -0.481 e. The van der Waals surface area contributed by atoms with Crippen LogP contribution in [0.15, 0.2) is 24.3 Å². The molecule has 7 heteroatoms. The zero-order chi connectivity index (χ0) is 16.3. The maximum atomic E-state index is 12.8. The average Bonchev–Trinajstić information content (AvgIpc) is 2.24. The highest BCUT2D eigenvalue weighted by atomic mass is 19.4. The predicted octanol–water partition coefficient (Wildman–Crippen LogP) is 3.53. The Kier molecular flexibility index (Phi) is 4.98. The van der Waals surface area contributed by atoms with Gasteiger partial charge >= 0.3 is 12.1 Å². The molecule has 21 heavy (non-hydrogen) atoms. The van der Waals surface area contributed by atoms with Crippen LogP contribution in [0, 0.1) is 5.41 Å². The molecule has 116 valence electrons. The van der Waals surface area contributed by atoms with Crippen LogP contribution < -0.4 is 5.32 Å². The number of aliphatic carboxylic acids is 1. The van der Waals surface area contributed by atoms with E-state index in [1.807, 2.05) is 0 Å². The molecule has 0 unspecified atom stereocenters. The molecular formula is C14H16F3NO3. The van der Waals surface area contributed by atoms with Gasteiger partial charge in [0, 0.05) is 6.42 Å². The lowest BCUT2D eigenvalue weighted by atomic mass is 9.85. The molecule has 0 aliphatic heterocycles. The number of carbonyl (C=O) groups excluding carboxylic acids is 1. The number of anilines is 1. The normalized spacial score (nSPS) is 12.0. The van der Waals surface area contributed by atoms with Crippen LogP contribution in [0.4, 0.5) is 18.9 Å². The molecule has 0 spiro atoms. The van der Waals surface area contributed by atoms with Crippen molar-refractivity contribution in [2.45, 2.75) is 32.9 Å². The van der Waals surface area contributed by atoms with Crippen LogP contribution >= 0.6 is 0 Å². The second kappa shape index (κ2) is 6.15. The summed E-state index contributed by atoms with van der Waals surface area (Å²) in [6, 6.07) is 4.64. The summed E-state index contributed by atoms with van der Waals surface area (Å²) < 4.78 is 38.3. The molecule has 1 aromatic rings. The first-order valence-corrected chi connectivity index (χ1v) is 6.19. The van der Waals surface area contributed by atoms with Crippen molar-refractivity contribution >= 4 is 17.6 Å². The highest BCUT2D eigenvalue weighted by Gasteiger charge is 2.34. The third-order valence-corrected chi connectivity index (χ3v) is 2.78. The summed E-state index contributed by atoms with van der Waals surface area (Å²) in [5.41, 5.74) is -2.11. The highest BCUT2D eigenvalue weighted by molar-refractivity contribution is 5.92. The average molecular weight is 303 g/mol. The molecule has 0 aromatic heterocycles. The number of nitrogens with one attached hydrogen (secondary N) is 1. The number of alkyl halides is 3. The molecule has 0 saturated heterocycles. The monoisotopic (exact) mass is 303 g/mol. The minimum atomic E-state index is -4.57. The number of hydrogen-bond acceptors (Lipinski definition) is 2. The highest BCUT2D eigenvalue weighted by Crippen LogP contribution is 2.35. The largest absolute Gasteiger partial charge is 0.481 e. The fourth-order valence-corrected chi connectivity index (χ4v) is 1.94. The summed E-state index contributed by atoms with van der Waals surface area (Å²) in [4.78, 5) is 22.5. The van der Waals surface area contributed by atoms with E-state index in [4.69, 9.17) is 5.11 Å². The van der Waals surface area contributed by atoms with E-state index in [1.54, 1.807) is 13.8 Å². The Morgan fingerprint density at radius 1 is 1.14 bits per heavy atom. The van der Waals surface area contributed by atoms with E-state index in [1.165, 1.54) is 12.1 Å². The SMILES string of the molecule is CC(C)(CC(=O)O)CC(=O)Nc1ccccc1C(F)(F)F. The number of benzene rings is 1. The molecule has 0 saturated carbocycles. The molecule has 0 fully saturated rings. The Hall–Kier alpha value is -2.05. The van der Waals surface area contributed by atoms with Gasteiger partial charge in [-0.15, -0.1) is 0 Å². The summed E-state index contributed by atoms with van der Waals surface area (Å²) in [5.74, 6) is -1.72. The number of rotatable bonds is 5. The van der Waals surface area contributed by atoms with Crippen LogP contribution in [0.3, 0.4) is 0 Å². The Balaban J connectivity index is 2.83. The predicted molar refractivity (Wildman–Crippen MR) is 70.7 cm³/mol. The van der Waals surface area contributed by atoms with Crippen molar-refractivity contribution in [3.05, 3.63) is 29.8 Å². The first kappa shape index (κ1) is 17.0. The maximum absolute atomic E-state index is 12.8. The third kappa shape index (κ3) is 5.45. The summed E-state index contributed by atoms with van der Waals surface area (Å²) in [7, 11) is 0. The summed E-state index contributed by atoms with van der Waals surface area (Å²) in [6.45, 7) is 3.13. The van der Waals surface area contributed by atoms with Crippen LogP contribution in [-0.2, 0) is 15.8 Å². The van der Waals surface area contributed by atoms with E-state index >= 15 is 0 Å². The minimum absolute atomic E-state index is 0.189. The Labute approximate surface area is 120 Å². The van der Waals surface area contributed by atoms with Crippen molar-refractivity contribution in [2.24, 2.45) is 5.41 Å². The number of carbonyl (C=O) groups is 2. The topological polar surface area (TPSA) is 66.4 Å². The lowest BCUT2D eigenvalue weighted by Gasteiger charge is -2.22. The van der Waals surface area contributed by atoms with E-state index in [-0.39, 0.29) is 18.5 Å².